The molecule has 1 amide bonds. The summed E-state index contributed by atoms with van der Waals surface area (Å²) in [6.07, 6.45) is -3.82. The zero-order valence-electron chi connectivity index (χ0n) is 9.67. The molecule has 3 nitrogen and oxygen atoms in total. The molecule has 1 aromatic rings. The highest BCUT2D eigenvalue weighted by Gasteiger charge is 2.30. The lowest BCUT2D eigenvalue weighted by molar-refractivity contribution is -0.137. The number of hydrogen-bond acceptors (Lipinski definition) is 2. The maximum atomic E-state index is 12.6. The largest absolute Gasteiger partial charge is 0.453 e. The number of halogens is 3. The summed E-state index contributed by atoms with van der Waals surface area (Å²) in [7, 11) is 1.18. The topological polar surface area (TPSA) is 38.3 Å². The molecular formula is C12H12F3NO2. The average Bonchev–Trinajstić information content (AvgIpc) is 2.34. The second kappa shape index (κ2) is 5.57. The Kier molecular flexibility index (Phi) is 4.36. The van der Waals surface area contributed by atoms with Gasteiger partial charge in [0.2, 0.25) is 0 Å². The van der Waals surface area contributed by atoms with Crippen molar-refractivity contribution in [2.75, 3.05) is 7.11 Å². The molecule has 18 heavy (non-hydrogen) atoms. The monoisotopic (exact) mass is 259 g/mol. The molecule has 0 atom stereocenters. The van der Waals surface area contributed by atoms with Crippen molar-refractivity contribution in [3.63, 3.8) is 0 Å². The van der Waals surface area contributed by atoms with E-state index in [0.717, 1.165) is 12.1 Å². The number of hydrogen-bond donors (Lipinski definition) is 1. The number of alkyl halides is 3. The maximum absolute atomic E-state index is 12.6. The summed E-state index contributed by atoms with van der Waals surface area (Å²) in [4.78, 5) is 10.8. The summed E-state index contributed by atoms with van der Waals surface area (Å²) in [5.74, 6) is 0. The average molecular weight is 259 g/mol. The Hall–Kier alpha value is -1.98. The van der Waals surface area contributed by atoms with Gasteiger partial charge in [-0.25, -0.2) is 4.79 Å². The molecule has 0 aliphatic carbocycles. The summed E-state index contributed by atoms with van der Waals surface area (Å²) in [5.41, 5.74) is -0.113. The summed E-state index contributed by atoms with van der Waals surface area (Å²) >= 11 is 0. The molecule has 0 radical (unpaired) electrons. The van der Waals surface area contributed by atoms with E-state index in [4.69, 9.17) is 0 Å². The molecule has 0 heterocycles. The van der Waals surface area contributed by atoms with Crippen LogP contribution in [-0.2, 0) is 17.5 Å². The molecule has 0 saturated heterocycles. The molecule has 0 fully saturated rings. The zero-order valence-corrected chi connectivity index (χ0v) is 9.67. The van der Waals surface area contributed by atoms with Gasteiger partial charge in [-0.1, -0.05) is 12.7 Å². The Morgan fingerprint density at radius 1 is 1.44 bits per heavy atom. The van der Waals surface area contributed by atoms with Crippen molar-refractivity contribution in [3.05, 3.63) is 41.5 Å². The van der Waals surface area contributed by atoms with Crippen molar-refractivity contribution >= 4 is 12.2 Å². The van der Waals surface area contributed by atoms with E-state index in [1.807, 2.05) is 0 Å². The molecule has 0 saturated carbocycles. The fourth-order valence-electron chi connectivity index (χ4n) is 1.35. The Balaban J connectivity index is 2.98. The molecular weight excluding hydrogens is 247 g/mol. The van der Waals surface area contributed by atoms with Crippen molar-refractivity contribution in [1.82, 2.24) is 5.32 Å². The first-order valence-corrected chi connectivity index (χ1v) is 5.02. The van der Waals surface area contributed by atoms with E-state index in [-0.39, 0.29) is 6.54 Å². The lowest BCUT2D eigenvalue weighted by atomic mass is 10.1. The van der Waals surface area contributed by atoms with E-state index < -0.39 is 17.8 Å². The number of amides is 1. The number of carbonyl (C=O) groups is 1. The molecule has 1 N–H and O–H groups in total. The highest BCUT2D eigenvalue weighted by atomic mass is 19.4. The second-order valence-electron chi connectivity index (χ2n) is 3.51. The van der Waals surface area contributed by atoms with Crippen LogP contribution < -0.4 is 5.32 Å². The third kappa shape index (κ3) is 3.80. The van der Waals surface area contributed by atoms with Gasteiger partial charge in [-0.05, 0) is 29.3 Å². The van der Waals surface area contributed by atoms with Crippen LogP contribution in [-0.4, -0.2) is 13.2 Å². The summed E-state index contributed by atoms with van der Waals surface area (Å²) in [6.45, 7) is 3.38. The summed E-state index contributed by atoms with van der Waals surface area (Å²) < 4.78 is 42.1. The van der Waals surface area contributed by atoms with Crippen LogP contribution in [0.5, 0.6) is 0 Å². The van der Waals surface area contributed by atoms with Crippen molar-refractivity contribution in [1.29, 1.82) is 0 Å². The number of rotatable bonds is 3. The zero-order chi connectivity index (χ0) is 13.8. The highest BCUT2D eigenvalue weighted by molar-refractivity contribution is 5.67. The first-order chi connectivity index (χ1) is 8.36. The van der Waals surface area contributed by atoms with Gasteiger partial charge >= 0.3 is 12.3 Å². The van der Waals surface area contributed by atoms with E-state index in [9.17, 15) is 18.0 Å². The van der Waals surface area contributed by atoms with Crippen molar-refractivity contribution in [2.45, 2.75) is 12.7 Å². The van der Waals surface area contributed by atoms with E-state index >= 15 is 0 Å². The van der Waals surface area contributed by atoms with Crippen molar-refractivity contribution in [3.8, 4) is 0 Å². The van der Waals surface area contributed by atoms with Gasteiger partial charge in [0, 0.05) is 6.54 Å². The van der Waals surface area contributed by atoms with Crippen molar-refractivity contribution < 1.29 is 22.7 Å². The van der Waals surface area contributed by atoms with E-state index in [2.05, 4.69) is 16.6 Å². The normalized spacial score (nSPS) is 10.9. The van der Waals surface area contributed by atoms with Gasteiger partial charge in [-0.3, -0.25) is 0 Å². The van der Waals surface area contributed by atoms with Crippen LogP contribution in [0.15, 0.2) is 24.8 Å². The molecule has 0 aliphatic heterocycles. The number of methoxy groups -OCH3 is 1. The van der Waals surface area contributed by atoms with E-state index in [0.29, 0.717) is 11.1 Å². The lowest BCUT2D eigenvalue weighted by Gasteiger charge is -2.11. The van der Waals surface area contributed by atoms with Gasteiger partial charge in [0.15, 0.2) is 0 Å². The number of benzene rings is 1. The SMILES string of the molecule is C=Cc1cc(CNC(=O)OC)cc(C(F)(F)F)c1. The quantitative estimate of drug-likeness (QED) is 0.905. The van der Waals surface area contributed by atoms with Gasteiger partial charge in [-0.2, -0.15) is 13.2 Å². The van der Waals surface area contributed by atoms with Crippen LogP contribution >= 0.6 is 0 Å². The molecule has 0 aliphatic rings. The van der Waals surface area contributed by atoms with Gasteiger partial charge < -0.3 is 10.1 Å². The minimum Gasteiger partial charge on any atom is -0.453 e. The number of alkyl carbamates (subject to hydrolysis) is 1. The molecule has 0 aromatic heterocycles. The van der Waals surface area contributed by atoms with E-state index in [1.165, 1.54) is 19.3 Å². The smallest absolute Gasteiger partial charge is 0.416 e. The van der Waals surface area contributed by atoms with Gasteiger partial charge in [0.1, 0.15) is 0 Å². The first-order valence-electron chi connectivity index (χ1n) is 5.02. The lowest BCUT2D eigenvalue weighted by Crippen LogP contribution is -2.22. The predicted octanol–water partition coefficient (Wildman–Crippen LogP) is 3.20. The van der Waals surface area contributed by atoms with Gasteiger partial charge in [-0.15, -0.1) is 0 Å². The number of nitrogens with one attached hydrogen (secondary N) is 1. The predicted molar refractivity (Wildman–Crippen MR) is 60.8 cm³/mol. The fraction of sp³-hybridized carbons (Fsp3) is 0.250. The Bertz CT molecular complexity index is 455. The molecule has 0 unspecified atom stereocenters. The molecule has 0 spiro atoms. The Morgan fingerprint density at radius 3 is 2.61 bits per heavy atom. The van der Waals surface area contributed by atoms with Crippen molar-refractivity contribution in [2.24, 2.45) is 0 Å². The molecule has 1 rings (SSSR count). The minimum absolute atomic E-state index is 0.0442. The van der Waals surface area contributed by atoms with Crippen LogP contribution in [0.25, 0.3) is 6.08 Å². The minimum atomic E-state index is -4.43. The first kappa shape index (κ1) is 14.1. The van der Waals surface area contributed by atoms with Crippen LogP contribution in [0.3, 0.4) is 0 Å². The van der Waals surface area contributed by atoms with Gasteiger partial charge in [0.25, 0.3) is 0 Å². The Labute approximate surface area is 102 Å². The van der Waals surface area contributed by atoms with Crippen LogP contribution in [0, 0.1) is 0 Å². The van der Waals surface area contributed by atoms with Crippen LogP contribution in [0.4, 0.5) is 18.0 Å². The number of carbonyl (C=O) groups excluding carboxylic acids is 1. The maximum Gasteiger partial charge on any atom is 0.416 e. The second-order valence-corrected chi connectivity index (χ2v) is 3.51. The summed E-state index contributed by atoms with van der Waals surface area (Å²) in [5, 5.41) is 2.32. The molecule has 1 aromatic carbocycles. The van der Waals surface area contributed by atoms with Gasteiger partial charge in [0.05, 0.1) is 12.7 Å². The van der Waals surface area contributed by atoms with Crippen LogP contribution in [0.2, 0.25) is 0 Å². The highest BCUT2D eigenvalue weighted by Crippen LogP contribution is 2.30. The number of ether oxygens (including phenoxy) is 1. The van der Waals surface area contributed by atoms with E-state index in [1.54, 1.807) is 0 Å². The third-order valence-corrected chi connectivity index (χ3v) is 2.20. The standard InChI is InChI=1S/C12H12F3NO2/c1-3-8-4-9(7-16-11(17)18-2)6-10(5-8)12(13,14)15/h3-6H,1,7H2,2H3,(H,16,17). The molecule has 98 valence electrons. The summed E-state index contributed by atoms with van der Waals surface area (Å²) in [6, 6.07) is 3.48. The molecule has 6 heteroatoms. The molecule has 0 bridgehead atoms. The Morgan fingerprint density at radius 2 is 2.11 bits per heavy atom. The third-order valence-electron chi connectivity index (χ3n) is 2.20. The fourth-order valence-corrected chi connectivity index (χ4v) is 1.35. The van der Waals surface area contributed by atoms with Crippen LogP contribution in [0.1, 0.15) is 16.7 Å².